The van der Waals surface area contributed by atoms with E-state index in [-0.39, 0.29) is 23.0 Å². The molecule has 1 aromatic heterocycles. The number of hydrogen-bond acceptors (Lipinski definition) is 4. The summed E-state index contributed by atoms with van der Waals surface area (Å²) in [5.41, 5.74) is -1.05. The van der Waals surface area contributed by atoms with Gasteiger partial charge < -0.3 is 4.74 Å². The number of benzene rings is 1. The molecule has 0 fully saturated rings. The van der Waals surface area contributed by atoms with Gasteiger partial charge in [-0.15, -0.1) is 0 Å². The van der Waals surface area contributed by atoms with Crippen molar-refractivity contribution in [1.82, 2.24) is 9.55 Å². The zero-order chi connectivity index (χ0) is 20.2. The highest BCUT2D eigenvalue weighted by molar-refractivity contribution is 5.39. The van der Waals surface area contributed by atoms with E-state index < -0.39 is 37.4 Å². The molecule has 0 spiro atoms. The molecule has 1 heterocycles. The third kappa shape index (κ3) is 6.02. The van der Waals surface area contributed by atoms with Crippen LogP contribution in [0.25, 0.3) is 5.69 Å². The van der Waals surface area contributed by atoms with Crippen LogP contribution in [0.1, 0.15) is 17.9 Å². The van der Waals surface area contributed by atoms with Gasteiger partial charge in [0.15, 0.2) is 6.61 Å². The van der Waals surface area contributed by atoms with Crippen LogP contribution in [0.3, 0.4) is 0 Å². The maximum absolute atomic E-state index is 12.5. The van der Waals surface area contributed by atoms with E-state index in [1.165, 1.54) is 12.1 Å². The summed E-state index contributed by atoms with van der Waals surface area (Å²) in [5.74, 6) is -0.428. The summed E-state index contributed by atoms with van der Waals surface area (Å²) in [7, 11) is 0. The Morgan fingerprint density at radius 1 is 1.07 bits per heavy atom. The molecule has 0 radical (unpaired) electrons. The molecule has 0 saturated carbocycles. The number of aromatic nitrogens is 2. The Morgan fingerprint density at radius 3 is 2.22 bits per heavy atom. The second-order valence-electron chi connectivity index (χ2n) is 5.36. The average molecular weight is 391 g/mol. The van der Waals surface area contributed by atoms with Crippen LogP contribution in [0.4, 0.5) is 26.3 Å². The topological polar surface area (TPSA) is 67.9 Å². The van der Waals surface area contributed by atoms with E-state index in [0.717, 1.165) is 22.8 Å². The molecule has 0 bridgehead atoms. The Balaban J connectivity index is 2.36. The van der Waals surface area contributed by atoms with E-state index in [1.54, 1.807) is 6.07 Å². The molecule has 1 aromatic carbocycles. The molecule has 0 aliphatic heterocycles. The van der Waals surface area contributed by atoms with Crippen molar-refractivity contribution in [3.8, 4) is 17.5 Å². The summed E-state index contributed by atoms with van der Waals surface area (Å²) in [4.78, 5) is 15.9. The number of nitriles is 1. The van der Waals surface area contributed by atoms with E-state index in [4.69, 9.17) is 5.26 Å². The van der Waals surface area contributed by atoms with Crippen molar-refractivity contribution < 1.29 is 31.1 Å². The molecule has 0 N–H and O–H groups in total. The molecule has 0 saturated heterocycles. The van der Waals surface area contributed by atoms with Gasteiger partial charge in [-0.1, -0.05) is 0 Å². The number of nitrogens with zero attached hydrogens (tertiary/aromatic N) is 3. The molecule has 5 nitrogen and oxygen atoms in total. The molecule has 27 heavy (non-hydrogen) atoms. The minimum atomic E-state index is -4.53. The molecule has 0 aliphatic rings. The summed E-state index contributed by atoms with van der Waals surface area (Å²) in [5, 5.41) is 8.85. The summed E-state index contributed by atoms with van der Waals surface area (Å²) in [6, 6.07) is 7.13. The van der Waals surface area contributed by atoms with E-state index in [0.29, 0.717) is 0 Å². The summed E-state index contributed by atoms with van der Waals surface area (Å²) < 4.78 is 79.3. The second-order valence-corrected chi connectivity index (χ2v) is 5.36. The molecular formula is C16H11F6N3O2. The largest absolute Gasteiger partial charge is 0.484 e. The third-order valence-electron chi connectivity index (χ3n) is 3.23. The van der Waals surface area contributed by atoms with Gasteiger partial charge in [-0.2, -0.15) is 31.6 Å². The van der Waals surface area contributed by atoms with Gasteiger partial charge in [0.25, 0.3) is 5.56 Å². The highest BCUT2D eigenvalue weighted by Gasteiger charge is 2.29. The van der Waals surface area contributed by atoms with Gasteiger partial charge in [-0.3, -0.25) is 9.36 Å². The van der Waals surface area contributed by atoms with Crippen LogP contribution in [0.2, 0.25) is 0 Å². The Morgan fingerprint density at radius 2 is 1.70 bits per heavy atom. The van der Waals surface area contributed by atoms with Crippen molar-refractivity contribution in [3.63, 3.8) is 0 Å². The smallest absolute Gasteiger partial charge is 0.422 e. The zero-order valence-corrected chi connectivity index (χ0v) is 13.4. The lowest BCUT2D eigenvalue weighted by atomic mass is 10.2. The first kappa shape index (κ1) is 20.3. The lowest BCUT2D eigenvalue weighted by molar-refractivity contribution is -0.153. The fourth-order valence-electron chi connectivity index (χ4n) is 2.14. The summed E-state index contributed by atoms with van der Waals surface area (Å²) >= 11 is 0. The number of hydrogen-bond donors (Lipinski definition) is 0. The zero-order valence-electron chi connectivity index (χ0n) is 13.4. The van der Waals surface area contributed by atoms with Crippen molar-refractivity contribution in [2.24, 2.45) is 0 Å². The van der Waals surface area contributed by atoms with Gasteiger partial charge in [0.1, 0.15) is 23.3 Å². The van der Waals surface area contributed by atoms with Crippen LogP contribution < -0.4 is 10.3 Å². The first-order valence-electron chi connectivity index (χ1n) is 7.38. The molecule has 0 aliphatic carbocycles. The molecule has 0 unspecified atom stereocenters. The SMILES string of the molecule is N#Cc1cc(=O)n(-c2ccc(OCC(F)(F)F)cc2)c(CCC(F)(F)F)n1. The lowest BCUT2D eigenvalue weighted by Gasteiger charge is -2.14. The number of rotatable bonds is 5. The normalized spacial score (nSPS) is 11.9. The lowest BCUT2D eigenvalue weighted by Crippen LogP contribution is -2.25. The number of ether oxygens (including phenoxy) is 1. The first-order valence-corrected chi connectivity index (χ1v) is 7.38. The van der Waals surface area contributed by atoms with Crippen LogP contribution in [0.15, 0.2) is 35.1 Å². The number of halogens is 6. The number of aryl methyl sites for hydroxylation is 1. The third-order valence-corrected chi connectivity index (χ3v) is 3.23. The molecule has 2 aromatic rings. The van der Waals surface area contributed by atoms with Crippen LogP contribution in [-0.4, -0.2) is 28.5 Å². The predicted molar refractivity (Wildman–Crippen MR) is 80.5 cm³/mol. The highest BCUT2D eigenvalue weighted by atomic mass is 19.4. The van der Waals surface area contributed by atoms with Crippen molar-refractivity contribution in [3.05, 3.63) is 52.2 Å². The monoisotopic (exact) mass is 391 g/mol. The Labute approximate surface area is 148 Å². The maximum Gasteiger partial charge on any atom is 0.422 e. The van der Waals surface area contributed by atoms with E-state index in [2.05, 4.69) is 9.72 Å². The van der Waals surface area contributed by atoms with Gasteiger partial charge in [0.05, 0.1) is 12.1 Å². The highest BCUT2D eigenvalue weighted by Crippen LogP contribution is 2.23. The molecular weight excluding hydrogens is 380 g/mol. The standard InChI is InChI=1S/C16H11F6N3O2/c17-15(18,19)6-5-13-24-10(8-23)7-14(26)25(13)11-1-3-12(4-2-11)27-9-16(20,21)22/h1-4,7H,5-6,9H2. The summed E-state index contributed by atoms with van der Waals surface area (Å²) in [6.45, 7) is -1.51. The van der Waals surface area contributed by atoms with E-state index in [1.807, 2.05) is 0 Å². The van der Waals surface area contributed by atoms with Gasteiger partial charge in [0, 0.05) is 12.5 Å². The average Bonchev–Trinajstić information content (AvgIpc) is 2.57. The van der Waals surface area contributed by atoms with Crippen molar-refractivity contribution >= 4 is 0 Å². The van der Waals surface area contributed by atoms with Gasteiger partial charge >= 0.3 is 12.4 Å². The van der Waals surface area contributed by atoms with Crippen molar-refractivity contribution in [2.75, 3.05) is 6.61 Å². The molecule has 144 valence electrons. The predicted octanol–water partition coefficient (Wildman–Crippen LogP) is 3.54. The van der Waals surface area contributed by atoms with Gasteiger partial charge in [-0.25, -0.2) is 4.98 Å². The van der Waals surface area contributed by atoms with Crippen LogP contribution in [-0.2, 0) is 6.42 Å². The van der Waals surface area contributed by atoms with E-state index in [9.17, 15) is 31.1 Å². The van der Waals surface area contributed by atoms with Crippen LogP contribution >= 0.6 is 0 Å². The maximum atomic E-state index is 12.5. The number of alkyl halides is 6. The first-order chi connectivity index (χ1) is 12.5. The quantitative estimate of drug-likeness (QED) is 0.732. The Bertz CT molecular complexity index is 895. The second kappa shape index (κ2) is 7.69. The fourth-order valence-corrected chi connectivity index (χ4v) is 2.14. The van der Waals surface area contributed by atoms with Crippen LogP contribution in [0.5, 0.6) is 5.75 Å². The van der Waals surface area contributed by atoms with Gasteiger partial charge in [0.2, 0.25) is 0 Å². The minimum absolute atomic E-state index is 0.0773. The molecule has 2 rings (SSSR count). The minimum Gasteiger partial charge on any atom is -0.484 e. The fraction of sp³-hybridized carbons (Fsp3) is 0.312. The van der Waals surface area contributed by atoms with Crippen molar-refractivity contribution in [1.29, 1.82) is 5.26 Å². The molecule has 0 atom stereocenters. The molecule has 11 heteroatoms. The van der Waals surface area contributed by atoms with Crippen molar-refractivity contribution in [2.45, 2.75) is 25.2 Å². The molecule has 0 amide bonds. The van der Waals surface area contributed by atoms with Gasteiger partial charge in [-0.05, 0) is 24.3 Å². The van der Waals surface area contributed by atoms with Crippen LogP contribution in [0, 0.1) is 11.3 Å². The summed E-state index contributed by atoms with van der Waals surface area (Å²) in [6.07, 6.45) is -10.9. The Hall–Kier alpha value is -3.03. The van der Waals surface area contributed by atoms with E-state index >= 15 is 0 Å². The Kier molecular flexibility index (Phi) is 5.78.